The van der Waals surface area contributed by atoms with E-state index in [1.807, 2.05) is 24.3 Å². The SMILES string of the molecule is CCCCCc1ccc(COC(=O)c2ccc(OCc3c(F)c(F)c(F)c(F)c3F)cc2)cc1. The highest BCUT2D eigenvalue weighted by molar-refractivity contribution is 5.89. The van der Waals surface area contributed by atoms with E-state index in [0.717, 1.165) is 24.8 Å². The van der Waals surface area contributed by atoms with Gasteiger partial charge in [0, 0.05) is 0 Å². The zero-order chi connectivity index (χ0) is 24.7. The Morgan fingerprint density at radius 1 is 0.706 bits per heavy atom. The van der Waals surface area contributed by atoms with Gasteiger partial charge in [-0.1, -0.05) is 44.0 Å². The van der Waals surface area contributed by atoms with Gasteiger partial charge in [0.25, 0.3) is 0 Å². The maximum absolute atomic E-state index is 13.7. The third kappa shape index (κ3) is 6.12. The van der Waals surface area contributed by atoms with E-state index in [9.17, 15) is 26.7 Å². The molecule has 0 radical (unpaired) electrons. The molecule has 0 aromatic heterocycles. The zero-order valence-corrected chi connectivity index (χ0v) is 18.5. The fraction of sp³-hybridized carbons (Fsp3) is 0.269. The van der Waals surface area contributed by atoms with Crippen molar-refractivity contribution >= 4 is 5.97 Å². The molecule has 0 aliphatic heterocycles. The summed E-state index contributed by atoms with van der Waals surface area (Å²) in [5.74, 6) is -10.7. The minimum absolute atomic E-state index is 0.0687. The number of ether oxygens (including phenoxy) is 2. The monoisotopic (exact) mass is 478 g/mol. The van der Waals surface area contributed by atoms with E-state index in [1.54, 1.807) is 0 Å². The molecule has 0 aliphatic rings. The van der Waals surface area contributed by atoms with Gasteiger partial charge < -0.3 is 9.47 Å². The molecule has 0 N–H and O–H groups in total. The van der Waals surface area contributed by atoms with Gasteiger partial charge in [-0.3, -0.25) is 0 Å². The van der Waals surface area contributed by atoms with Crippen LogP contribution in [0.15, 0.2) is 48.5 Å². The molecule has 180 valence electrons. The molecule has 0 fully saturated rings. The topological polar surface area (TPSA) is 35.5 Å². The Morgan fingerprint density at radius 2 is 1.26 bits per heavy atom. The van der Waals surface area contributed by atoms with E-state index in [-0.39, 0.29) is 17.9 Å². The van der Waals surface area contributed by atoms with E-state index in [2.05, 4.69) is 6.92 Å². The summed E-state index contributed by atoms with van der Waals surface area (Å²) in [6.45, 7) is 1.36. The first-order chi connectivity index (χ1) is 16.3. The molecule has 3 nitrogen and oxygen atoms in total. The summed E-state index contributed by atoms with van der Waals surface area (Å²) in [6.07, 6.45) is 4.48. The van der Waals surface area contributed by atoms with Crippen LogP contribution in [0.3, 0.4) is 0 Å². The van der Waals surface area contributed by atoms with Crippen LogP contribution < -0.4 is 4.74 Å². The van der Waals surface area contributed by atoms with E-state index >= 15 is 0 Å². The van der Waals surface area contributed by atoms with Crippen molar-refractivity contribution in [2.75, 3.05) is 0 Å². The lowest BCUT2D eigenvalue weighted by atomic mass is 10.1. The third-order valence-electron chi connectivity index (χ3n) is 5.24. The van der Waals surface area contributed by atoms with Crippen LogP contribution in [0.2, 0.25) is 0 Å². The molecule has 0 atom stereocenters. The average Bonchev–Trinajstić information content (AvgIpc) is 2.86. The zero-order valence-electron chi connectivity index (χ0n) is 18.5. The van der Waals surface area contributed by atoms with Gasteiger partial charge >= 0.3 is 5.97 Å². The van der Waals surface area contributed by atoms with Crippen molar-refractivity contribution in [2.24, 2.45) is 0 Å². The van der Waals surface area contributed by atoms with Crippen molar-refractivity contribution in [3.8, 4) is 5.75 Å². The number of aryl methyl sites for hydroxylation is 1. The lowest BCUT2D eigenvalue weighted by molar-refractivity contribution is 0.0472. The molecule has 8 heteroatoms. The number of carbonyl (C=O) groups is 1. The lowest BCUT2D eigenvalue weighted by Gasteiger charge is -2.11. The Labute approximate surface area is 194 Å². The third-order valence-corrected chi connectivity index (χ3v) is 5.24. The summed E-state index contributed by atoms with van der Waals surface area (Å²) < 4.78 is 77.6. The summed E-state index contributed by atoms with van der Waals surface area (Å²) in [5.41, 5.74) is 1.19. The van der Waals surface area contributed by atoms with Crippen LogP contribution >= 0.6 is 0 Å². The van der Waals surface area contributed by atoms with Gasteiger partial charge in [0.2, 0.25) is 5.82 Å². The van der Waals surface area contributed by atoms with Gasteiger partial charge in [0.05, 0.1) is 11.1 Å². The van der Waals surface area contributed by atoms with Crippen LogP contribution in [0.25, 0.3) is 0 Å². The summed E-state index contributed by atoms with van der Waals surface area (Å²) >= 11 is 0. The van der Waals surface area contributed by atoms with Gasteiger partial charge in [-0.05, 0) is 48.2 Å². The Kier molecular flexibility index (Phi) is 8.62. The van der Waals surface area contributed by atoms with E-state index in [1.165, 1.54) is 36.2 Å². The van der Waals surface area contributed by atoms with Crippen LogP contribution in [0, 0.1) is 29.1 Å². The smallest absolute Gasteiger partial charge is 0.338 e. The Morgan fingerprint density at radius 3 is 1.85 bits per heavy atom. The van der Waals surface area contributed by atoms with Gasteiger partial charge in [-0.25, -0.2) is 26.7 Å². The minimum atomic E-state index is -2.23. The summed E-state index contributed by atoms with van der Waals surface area (Å²) in [5, 5.41) is 0. The van der Waals surface area contributed by atoms with Gasteiger partial charge in [-0.2, -0.15) is 0 Å². The Bertz CT molecular complexity index is 1100. The first-order valence-electron chi connectivity index (χ1n) is 10.8. The molecule has 34 heavy (non-hydrogen) atoms. The Balaban J connectivity index is 1.54. The molecule has 0 saturated heterocycles. The largest absolute Gasteiger partial charge is 0.489 e. The molecule has 0 heterocycles. The predicted molar refractivity (Wildman–Crippen MR) is 116 cm³/mol. The minimum Gasteiger partial charge on any atom is -0.489 e. The van der Waals surface area contributed by atoms with Crippen LogP contribution in [0.4, 0.5) is 22.0 Å². The maximum Gasteiger partial charge on any atom is 0.338 e. The average molecular weight is 478 g/mol. The number of rotatable bonds is 10. The number of esters is 1. The van der Waals surface area contributed by atoms with Crippen LogP contribution in [0.5, 0.6) is 5.75 Å². The van der Waals surface area contributed by atoms with Crippen molar-refractivity contribution < 1.29 is 36.2 Å². The molecular weight excluding hydrogens is 455 g/mol. The van der Waals surface area contributed by atoms with Crippen LogP contribution in [-0.2, 0) is 24.4 Å². The number of hydrogen-bond acceptors (Lipinski definition) is 3. The second-order valence-electron chi connectivity index (χ2n) is 7.71. The van der Waals surface area contributed by atoms with Gasteiger partial charge in [0.15, 0.2) is 23.3 Å². The first-order valence-corrected chi connectivity index (χ1v) is 10.8. The number of halogens is 5. The van der Waals surface area contributed by atoms with Crippen LogP contribution in [0.1, 0.15) is 53.2 Å². The van der Waals surface area contributed by atoms with E-state index in [0.29, 0.717) is 0 Å². The number of carbonyl (C=O) groups excluding carboxylic acids is 1. The highest BCUT2D eigenvalue weighted by Gasteiger charge is 2.25. The molecule has 0 amide bonds. The first kappa shape index (κ1) is 25.2. The fourth-order valence-corrected chi connectivity index (χ4v) is 3.23. The molecular formula is C26H23F5O3. The molecule has 3 aromatic rings. The van der Waals surface area contributed by atoms with Crippen molar-refractivity contribution in [3.63, 3.8) is 0 Å². The summed E-state index contributed by atoms with van der Waals surface area (Å²) in [4.78, 5) is 12.3. The van der Waals surface area contributed by atoms with Gasteiger partial charge in [-0.15, -0.1) is 0 Å². The number of unbranched alkanes of at least 4 members (excludes halogenated alkanes) is 2. The highest BCUT2D eigenvalue weighted by atomic mass is 19.2. The molecule has 0 unspecified atom stereocenters. The molecule has 3 aromatic carbocycles. The lowest BCUT2D eigenvalue weighted by Crippen LogP contribution is -2.10. The predicted octanol–water partition coefficient (Wildman–Crippen LogP) is 7.05. The fourth-order valence-electron chi connectivity index (χ4n) is 3.23. The van der Waals surface area contributed by atoms with Gasteiger partial charge in [0.1, 0.15) is 19.0 Å². The standard InChI is InChI=1S/C26H23F5O3/c1-2-3-4-5-16-6-8-17(9-7-16)14-34-26(32)18-10-12-19(13-11-18)33-15-20-21(27)23(29)25(31)24(30)22(20)28/h6-13H,2-5,14-15H2,1H3. The number of benzene rings is 3. The molecule has 0 saturated carbocycles. The van der Waals surface area contributed by atoms with Crippen molar-refractivity contribution in [1.29, 1.82) is 0 Å². The normalized spacial score (nSPS) is 10.9. The molecule has 3 rings (SSSR count). The van der Waals surface area contributed by atoms with Crippen molar-refractivity contribution in [3.05, 3.63) is 99.9 Å². The maximum atomic E-state index is 13.7. The summed E-state index contributed by atoms with van der Waals surface area (Å²) in [7, 11) is 0. The van der Waals surface area contributed by atoms with Crippen LogP contribution in [-0.4, -0.2) is 5.97 Å². The molecule has 0 spiro atoms. The van der Waals surface area contributed by atoms with E-state index in [4.69, 9.17) is 9.47 Å². The second-order valence-corrected chi connectivity index (χ2v) is 7.71. The Hall–Kier alpha value is -3.42. The summed E-state index contributed by atoms with van der Waals surface area (Å²) in [6, 6.07) is 13.2. The highest BCUT2D eigenvalue weighted by Crippen LogP contribution is 2.24. The quantitative estimate of drug-likeness (QED) is 0.103. The molecule has 0 bridgehead atoms. The van der Waals surface area contributed by atoms with Crippen molar-refractivity contribution in [2.45, 2.75) is 45.8 Å². The molecule has 0 aliphatic carbocycles. The van der Waals surface area contributed by atoms with Crippen molar-refractivity contribution in [1.82, 2.24) is 0 Å². The van der Waals surface area contributed by atoms with E-state index < -0.39 is 47.2 Å². The second kappa shape index (κ2) is 11.6. The number of hydrogen-bond donors (Lipinski definition) is 0.